The Bertz CT molecular complexity index is 525. The zero-order valence-electron chi connectivity index (χ0n) is 10.2. The standard InChI is InChI=1S/C12H17BrN2O2S/c1-9-4-5-10(13)7-12(9)18(16,17)15-11-3-2-6-14-8-11/h4-5,7,11,14-15H,2-3,6,8H2,1H3/t11-/m1/s1. The lowest BCUT2D eigenvalue weighted by molar-refractivity contribution is 0.428. The molecule has 0 bridgehead atoms. The van der Waals surface area contributed by atoms with Gasteiger partial charge in [0.2, 0.25) is 10.0 Å². The Balaban J connectivity index is 2.21. The highest BCUT2D eigenvalue weighted by Crippen LogP contribution is 2.21. The fourth-order valence-electron chi connectivity index (χ4n) is 2.10. The molecule has 18 heavy (non-hydrogen) atoms. The third-order valence-electron chi connectivity index (χ3n) is 3.06. The van der Waals surface area contributed by atoms with E-state index in [4.69, 9.17) is 0 Å². The fourth-order valence-corrected chi connectivity index (χ4v) is 4.15. The number of halogens is 1. The van der Waals surface area contributed by atoms with E-state index in [0.717, 1.165) is 29.4 Å². The van der Waals surface area contributed by atoms with Crippen LogP contribution >= 0.6 is 15.9 Å². The molecule has 1 fully saturated rings. The number of piperidine rings is 1. The molecule has 1 aliphatic heterocycles. The van der Waals surface area contributed by atoms with Gasteiger partial charge < -0.3 is 5.32 Å². The van der Waals surface area contributed by atoms with Crippen LogP contribution in [0.5, 0.6) is 0 Å². The Labute approximate surface area is 116 Å². The first-order valence-corrected chi connectivity index (χ1v) is 8.26. The lowest BCUT2D eigenvalue weighted by Gasteiger charge is -2.24. The zero-order chi connectivity index (χ0) is 13.2. The number of benzene rings is 1. The largest absolute Gasteiger partial charge is 0.315 e. The van der Waals surface area contributed by atoms with Crippen LogP contribution in [0.1, 0.15) is 18.4 Å². The van der Waals surface area contributed by atoms with Crippen LogP contribution in [-0.2, 0) is 10.0 Å². The summed E-state index contributed by atoms with van der Waals surface area (Å²) in [6, 6.07) is 5.28. The molecule has 1 heterocycles. The van der Waals surface area contributed by atoms with Crippen molar-refractivity contribution in [3.8, 4) is 0 Å². The molecule has 1 aromatic carbocycles. The highest BCUT2D eigenvalue weighted by Gasteiger charge is 2.23. The van der Waals surface area contributed by atoms with Crippen molar-refractivity contribution in [2.75, 3.05) is 13.1 Å². The molecule has 1 atom stereocenters. The maximum atomic E-state index is 12.3. The van der Waals surface area contributed by atoms with E-state index in [2.05, 4.69) is 26.0 Å². The SMILES string of the molecule is Cc1ccc(Br)cc1S(=O)(=O)N[C@@H]1CCCNC1. The molecule has 0 aliphatic carbocycles. The first-order chi connectivity index (χ1) is 8.49. The van der Waals surface area contributed by atoms with E-state index in [-0.39, 0.29) is 6.04 Å². The molecule has 4 nitrogen and oxygen atoms in total. The van der Waals surface area contributed by atoms with Crippen molar-refractivity contribution in [2.24, 2.45) is 0 Å². The van der Waals surface area contributed by atoms with E-state index in [9.17, 15) is 8.42 Å². The van der Waals surface area contributed by atoms with Crippen LogP contribution in [0.25, 0.3) is 0 Å². The Morgan fingerprint density at radius 3 is 2.89 bits per heavy atom. The predicted molar refractivity (Wildman–Crippen MR) is 75.1 cm³/mol. The smallest absolute Gasteiger partial charge is 0.241 e. The van der Waals surface area contributed by atoms with Gasteiger partial charge in [0, 0.05) is 17.1 Å². The normalized spacial score (nSPS) is 20.9. The summed E-state index contributed by atoms with van der Waals surface area (Å²) in [7, 11) is -3.43. The van der Waals surface area contributed by atoms with Crippen LogP contribution in [0.4, 0.5) is 0 Å². The van der Waals surface area contributed by atoms with E-state index < -0.39 is 10.0 Å². The van der Waals surface area contributed by atoms with Gasteiger partial charge in [-0.3, -0.25) is 0 Å². The lowest BCUT2D eigenvalue weighted by atomic mass is 10.1. The number of aryl methyl sites for hydroxylation is 1. The van der Waals surface area contributed by atoms with Crippen LogP contribution in [0.2, 0.25) is 0 Å². The average Bonchev–Trinajstić information content (AvgIpc) is 2.33. The molecular weight excluding hydrogens is 316 g/mol. The number of hydrogen-bond donors (Lipinski definition) is 2. The number of sulfonamides is 1. The van der Waals surface area contributed by atoms with Crippen molar-refractivity contribution in [3.05, 3.63) is 28.2 Å². The number of nitrogens with one attached hydrogen (secondary N) is 2. The van der Waals surface area contributed by atoms with Gasteiger partial charge in [-0.1, -0.05) is 22.0 Å². The van der Waals surface area contributed by atoms with Crippen molar-refractivity contribution in [1.29, 1.82) is 0 Å². The molecule has 0 saturated carbocycles. The third kappa shape index (κ3) is 3.32. The topological polar surface area (TPSA) is 58.2 Å². The summed E-state index contributed by atoms with van der Waals surface area (Å²) in [5, 5.41) is 3.20. The average molecular weight is 333 g/mol. The summed E-state index contributed by atoms with van der Waals surface area (Å²) in [5.41, 5.74) is 0.759. The Kier molecular flexibility index (Phi) is 4.42. The van der Waals surface area contributed by atoms with E-state index >= 15 is 0 Å². The van der Waals surface area contributed by atoms with Gasteiger partial charge in [0.05, 0.1) is 4.90 Å². The van der Waals surface area contributed by atoms with Crippen molar-refractivity contribution in [2.45, 2.75) is 30.7 Å². The van der Waals surface area contributed by atoms with Crippen LogP contribution in [0.15, 0.2) is 27.6 Å². The molecule has 1 aromatic rings. The molecule has 0 amide bonds. The summed E-state index contributed by atoms with van der Waals surface area (Å²) in [5.74, 6) is 0. The van der Waals surface area contributed by atoms with E-state index in [0.29, 0.717) is 11.4 Å². The van der Waals surface area contributed by atoms with Gasteiger partial charge in [0.1, 0.15) is 0 Å². The third-order valence-corrected chi connectivity index (χ3v) is 5.21. The van der Waals surface area contributed by atoms with Gasteiger partial charge in [0.15, 0.2) is 0 Å². The predicted octanol–water partition coefficient (Wildman–Crippen LogP) is 1.79. The monoisotopic (exact) mass is 332 g/mol. The first-order valence-electron chi connectivity index (χ1n) is 5.98. The van der Waals surface area contributed by atoms with Crippen molar-refractivity contribution in [1.82, 2.24) is 10.0 Å². The minimum absolute atomic E-state index is 0.0119. The molecule has 100 valence electrons. The van der Waals surface area contributed by atoms with Crippen molar-refractivity contribution >= 4 is 26.0 Å². The van der Waals surface area contributed by atoms with Gasteiger partial charge in [-0.25, -0.2) is 13.1 Å². The van der Waals surface area contributed by atoms with Gasteiger partial charge >= 0.3 is 0 Å². The van der Waals surface area contributed by atoms with Crippen LogP contribution in [-0.4, -0.2) is 27.5 Å². The molecular formula is C12H17BrN2O2S. The molecule has 0 radical (unpaired) electrons. The van der Waals surface area contributed by atoms with Crippen LogP contribution in [0, 0.1) is 6.92 Å². The van der Waals surface area contributed by atoms with Crippen LogP contribution < -0.4 is 10.0 Å². The molecule has 0 unspecified atom stereocenters. The molecule has 0 aromatic heterocycles. The second-order valence-electron chi connectivity index (χ2n) is 4.57. The molecule has 2 rings (SSSR count). The Morgan fingerprint density at radius 1 is 1.44 bits per heavy atom. The first kappa shape index (κ1) is 14.0. The van der Waals surface area contributed by atoms with Crippen molar-refractivity contribution < 1.29 is 8.42 Å². The second kappa shape index (κ2) is 5.69. The molecule has 0 spiro atoms. The Morgan fingerprint density at radius 2 is 2.22 bits per heavy atom. The zero-order valence-corrected chi connectivity index (χ0v) is 12.6. The summed E-state index contributed by atoms with van der Waals surface area (Å²) < 4.78 is 28.2. The molecule has 1 aliphatic rings. The number of rotatable bonds is 3. The highest BCUT2D eigenvalue weighted by atomic mass is 79.9. The number of hydrogen-bond acceptors (Lipinski definition) is 3. The molecule has 2 N–H and O–H groups in total. The highest BCUT2D eigenvalue weighted by molar-refractivity contribution is 9.10. The molecule has 1 saturated heterocycles. The fraction of sp³-hybridized carbons (Fsp3) is 0.500. The lowest BCUT2D eigenvalue weighted by Crippen LogP contribution is -2.45. The Hall–Kier alpha value is -0.430. The minimum Gasteiger partial charge on any atom is -0.315 e. The minimum atomic E-state index is -3.43. The quantitative estimate of drug-likeness (QED) is 0.887. The summed E-state index contributed by atoms with van der Waals surface area (Å²) in [6.07, 6.45) is 1.89. The summed E-state index contributed by atoms with van der Waals surface area (Å²) >= 11 is 3.31. The second-order valence-corrected chi connectivity index (χ2v) is 7.17. The van der Waals surface area contributed by atoms with Gasteiger partial charge in [-0.05, 0) is 44.0 Å². The van der Waals surface area contributed by atoms with E-state index in [1.807, 2.05) is 6.07 Å². The maximum absolute atomic E-state index is 12.3. The van der Waals surface area contributed by atoms with Gasteiger partial charge in [0.25, 0.3) is 0 Å². The van der Waals surface area contributed by atoms with Gasteiger partial charge in [-0.15, -0.1) is 0 Å². The summed E-state index contributed by atoms with van der Waals surface area (Å²) in [6.45, 7) is 3.47. The summed E-state index contributed by atoms with van der Waals surface area (Å²) in [4.78, 5) is 0.349. The van der Waals surface area contributed by atoms with E-state index in [1.54, 1.807) is 19.1 Å². The molecule has 6 heteroatoms. The maximum Gasteiger partial charge on any atom is 0.241 e. The van der Waals surface area contributed by atoms with Crippen LogP contribution in [0.3, 0.4) is 0 Å². The van der Waals surface area contributed by atoms with Crippen molar-refractivity contribution in [3.63, 3.8) is 0 Å². The van der Waals surface area contributed by atoms with Gasteiger partial charge in [-0.2, -0.15) is 0 Å². The van der Waals surface area contributed by atoms with E-state index in [1.165, 1.54) is 0 Å².